The molecule has 0 aliphatic carbocycles. The maximum Gasteiger partial charge on any atom is 0.247 e. The van der Waals surface area contributed by atoms with Crippen molar-refractivity contribution in [3.8, 4) is 17.2 Å². The van der Waals surface area contributed by atoms with E-state index in [1.165, 1.54) is 4.31 Å². The van der Waals surface area contributed by atoms with Crippen LogP contribution < -0.4 is 14.2 Å². The van der Waals surface area contributed by atoms with E-state index < -0.39 is 10.0 Å². The van der Waals surface area contributed by atoms with E-state index in [-0.39, 0.29) is 24.0 Å². The molecule has 28 heavy (non-hydrogen) atoms. The minimum atomic E-state index is -3.79. The first-order chi connectivity index (χ1) is 13.4. The lowest BCUT2D eigenvalue weighted by Gasteiger charge is -2.30. The van der Waals surface area contributed by atoms with E-state index in [1.807, 2.05) is 37.4 Å². The maximum absolute atomic E-state index is 13.6. The predicted molar refractivity (Wildman–Crippen MR) is 104 cm³/mol. The quantitative estimate of drug-likeness (QED) is 0.761. The van der Waals surface area contributed by atoms with Crippen LogP contribution in [0.15, 0.2) is 35.2 Å². The number of likely N-dealkylation sites (N-methyl/N-ethyl adjacent to an activating group) is 1. The first-order valence-corrected chi connectivity index (χ1v) is 10.6. The summed E-state index contributed by atoms with van der Waals surface area (Å²) in [5.41, 5.74) is 2.54. The molecule has 7 nitrogen and oxygen atoms in total. The Labute approximate surface area is 165 Å². The van der Waals surface area contributed by atoms with Gasteiger partial charge in [0.2, 0.25) is 22.6 Å². The second-order valence-corrected chi connectivity index (χ2v) is 9.10. The minimum Gasteiger partial charge on any atom is -0.492 e. The van der Waals surface area contributed by atoms with Crippen LogP contribution in [0.3, 0.4) is 0 Å². The van der Waals surface area contributed by atoms with E-state index in [2.05, 4.69) is 4.90 Å². The summed E-state index contributed by atoms with van der Waals surface area (Å²) in [5, 5.41) is 0. The highest BCUT2D eigenvalue weighted by atomic mass is 32.2. The fraction of sp³-hybridized carbons (Fsp3) is 0.400. The summed E-state index contributed by atoms with van der Waals surface area (Å²) >= 11 is 0. The van der Waals surface area contributed by atoms with Crippen molar-refractivity contribution in [2.75, 3.05) is 34.5 Å². The fourth-order valence-electron chi connectivity index (χ4n) is 3.82. The van der Waals surface area contributed by atoms with Gasteiger partial charge in [-0.3, -0.25) is 0 Å². The Morgan fingerprint density at radius 3 is 2.57 bits per heavy atom. The molecule has 0 saturated heterocycles. The molecule has 0 atom stereocenters. The van der Waals surface area contributed by atoms with Crippen molar-refractivity contribution >= 4 is 10.0 Å². The van der Waals surface area contributed by atoms with Crippen LogP contribution in [0.5, 0.6) is 17.2 Å². The predicted octanol–water partition coefficient (Wildman–Crippen LogP) is 2.23. The molecule has 0 radical (unpaired) electrons. The third kappa shape index (κ3) is 3.11. The van der Waals surface area contributed by atoms with Crippen LogP contribution in [0.2, 0.25) is 0 Å². The normalized spacial score (nSPS) is 16.3. The molecular formula is C20H24N2O5S. The number of hydrogen-bond donors (Lipinski definition) is 0. The van der Waals surface area contributed by atoms with Gasteiger partial charge in [-0.25, -0.2) is 8.42 Å². The van der Waals surface area contributed by atoms with Crippen LogP contribution in [0.4, 0.5) is 0 Å². The van der Waals surface area contributed by atoms with Crippen molar-refractivity contribution in [1.82, 2.24) is 9.21 Å². The number of rotatable bonds is 5. The van der Waals surface area contributed by atoms with Crippen molar-refractivity contribution in [3.05, 3.63) is 47.0 Å². The van der Waals surface area contributed by atoms with Crippen LogP contribution in [0.25, 0.3) is 0 Å². The highest BCUT2D eigenvalue weighted by molar-refractivity contribution is 7.89. The van der Waals surface area contributed by atoms with E-state index in [9.17, 15) is 8.42 Å². The second-order valence-electron chi connectivity index (χ2n) is 7.12. The lowest BCUT2D eigenvalue weighted by molar-refractivity contribution is 0.169. The Hall–Kier alpha value is -2.29. The summed E-state index contributed by atoms with van der Waals surface area (Å²) in [6.07, 6.45) is 0.604. The highest BCUT2D eigenvalue weighted by Gasteiger charge is 2.39. The zero-order chi connectivity index (χ0) is 19.9. The highest BCUT2D eigenvalue weighted by Crippen LogP contribution is 2.51. The van der Waals surface area contributed by atoms with Gasteiger partial charge in [-0.1, -0.05) is 30.3 Å². The summed E-state index contributed by atoms with van der Waals surface area (Å²) < 4.78 is 45.4. The Kier molecular flexibility index (Phi) is 4.95. The molecule has 2 aromatic rings. The van der Waals surface area contributed by atoms with Crippen molar-refractivity contribution in [1.29, 1.82) is 0 Å². The van der Waals surface area contributed by atoms with Gasteiger partial charge < -0.3 is 19.1 Å². The van der Waals surface area contributed by atoms with Gasteiger partial charge in [0.1, 0.15) is 4.90 Å². The van der Waals surface area contributed by atoms with E-state index in [4.69, 9.17) is 14.2 Å². The topological polar surface area (TPSA) is 68.3 Å². The molecule has 0 aromatic heterocycles. The summed E-state index contributed by atoms with van der Waals surface area (Å²) in [5.74, 6) is 1.21. The summed E-state index contributed by atoms with van der Waals surface area (Å²) in [6.45, 7) is 1.62. The number of sulfonamides is 1. The van der Waals surface area contributed by atoms with Gasteiger partial charge >= 0.3 is 0 Å². The third-order valence-electron chi connectivity index (χ3n) is 5.23. The molecule has 0 N–H and O–H groups in total. The number of hydrogen-bond acceptors (Lipinski definition) is 6. The molecular weight excluding hydrogens is 380 g/mol. The third-order valence-corrected chi connectivity index (χ3v) is 7.13. The smallest absolute Gasteiger partial charge is 0.247 e. The van der Waals surface area contributed by atoms with Crippen molar-refractivity contribution in [2.45, 2.75) is 24.4 Å². The van der Waals surface area contributed by atoms with E-state index in [1.54, 1.807) is 14.2 Å². The maximum atomic E-state index is 13.6. The Balaban J connectivity index is 1.85. The SMILES string of the molecule is COc1c2c(c(S(=O)(=O)N(C)Cc3ccccc3)c3c1OCO3)CCN(C)C2. The summed E-state index contributed by atoms with van der Waals surface area (Å²) in [6, 6.07) is 9.53. The van der Waals surface area contributed by atoms with Crippen LogP contribution in [-0.4, -0.2) is 52.2 Å². The molecule has 0 spiro atoms. The van der Waals surface area contributed by atoms with Crippen molar-refractivity contribution in [2.24, 2.45) is 0 Å². The average molecular weight is 404 g/mol. The molecule has 2 aliphatic rings. The number of nitrogens with zero attached hydrogens (tertiary/aromatic N) is 2. The molecule has 0 amide bonds. The van der Waals surface area contributed by atoms with Gasteiger partial charge in [-0.05, 0) is 24.6 Å². The zero-order valence-electron chi connectivity index (χ0n) is 16.3. The molecule has 8 heteroatoms. The Morgan fingerprint density at radius 1 is 1.14 bits per heavy atom. The van der Waals surface area contributed by atoms with Crippen molar-refractivity contribution in [3.63, 3.8) is 0 Å². The van der Waals surface area contributed by atoms with Gasteiger partial charge in [-0.15, -0.1) is 0 Å². The molecule has 4 rings (SSSR count). The lowest BCUT2D eigenvalue weighted by Crippen LogP contribution is -2.32. The standard InChI is InChI=1S/C20H24N2O5S/c1-21-10-9-15-16(12-21)17(25-3)18-19(27-13-26-18)20(15)28(23,24)22(2)11-14-7-5-4-6-8-14/h4-8H,9-13H2,1-3H3. The fourth-order valence-corrected chi connectivity index (χ4v) is 5.37. The number of methoxy groups -OCH3 is 1. The van der Waals surface area contributed by atoms with E-state index >= 15 is 0 Å². The van der Waals surface area contributed by atoms with Crippen LogP contribution in [0.1, 0.15) is 16.7 Å². The number of ether oxygens (including phenoxy) is 3. The van der Waals surface area contributed by atoms with Gasteiger partial charge in [0, 0.05) is 32.2 Å². The molecule has 0 saturated carbocycles. The van der Waals surface area contributed by atoms with Gasteiger partial charge in [-0.2, -0.15) is 4.31 Å². The summed E-state index contributed by atoms with van der Waals surface area (Å²) in [7, 11) is 1.38. The molecule has 2 aliphatic heterocycles. The molecule has 2 heterocycles. The monoisotopic (exact) mass is 404 g/mol. The van der Waals surface area contributed by atoms with Gasteiger partial charge in [0.05, 0.1) is 7.11 Å². The van der Waals surface area contributed by atoms with Crippen molar-refractivity contribution < 1.29 is 22.6 Å². The lowest BCUT2D eigenvalue weighted by atomic mass is 9.97. The molecule has 0 fully saturated rings. The molecule has 150 valence electrons. The second kappa shape index (κ2) is 7.27. The van der Waals surface area contributed by atoms with E-state index in [0.29, 0.717) is 24.5 Å². The Bertz CT molecular complexity index is 992. The first kappa shape index (κ1) is 19.0. The van der Waals surface area contributed by atoms with Gasteiger partial charge in [0.25, 0.3) is 0 Å². The Morgan fingerprint density at radius 2 is 1.86 bits per heavy atom. The van der Waals surface area contributed by atoms with Crippen LogP contribution in [-0.2, 0) is 29.5 Å². The molecule has 0 unspecified atom stereocenters. The largest absolute Gasteiger partial charge is 0.492 e. The minimum absolute atomic E-state index is 0.0185. The summed E-state index contributed by atoms with van der Waals surface area (Å²) in [4.78, 5) is 2.35. The van der Waals surface area contributed by atoms with Crippen LogP contribution in [0, 0.1) is 0 Å². The van der Waals surface area contributed by atoms with E-state index in [0.717, 1.165) is 23.2 Å². The molecule has 0 bridgehead atoms. The molecule has 2 aromatic carbocycles. The average Bonchev–Trinajstić information content (AvgIpc) is 3.15. The number of benzene rings is 2. The first-order valence-electron chi connectivity index (χ1n) is 9.13. The zero-order valence-corrected chi connectivity index (χ0v) is 17.1. The van der Waals surface area contributed by atoms with Gasteiger partial charge in [0.15, 0.2) is 11.5 Å². The number of fused-ring (bicyclic) bond motifs is 2. The van der Waals surface area contributed by atoms with Crippen LogP contribution >= 0.6 is 0 Å².